The molecule has 3 heterocycles. The van der Waals surface area contributed by atoms with Gasteiger partial charge in [-0.1, -0.05) is 24.3 Å². The molecule has 0 aliphatic carbocycles. The van der Waals surface area contributed by atoms with Crippen LogP contribution in [0.15, 0.2) is 36.7 Å². The van der Waals surface area contributed by atoms with Crippen molar-refractivity contribution in [3.05, 3.63) is 47.8 Å². The van der Waals surface area contributed by atoms with Crippen LogP contribution in [-0.2, 0) is 11.3 Å². The molecule has 2 aliphatic rings. The molecule has 0 amide bonds. The lowest BCUT2D eigenvalue weighted by Gasteiger charge is -2.36. The number of hydrogen-bond donors (Lipinski definition) is 0. The molecule has 138 valence electrons. The maximum absolute atomic E-state index is 5.44. The highest BCUT2D eigenvalue weighted by molar-refractivity contribution is 5.50. The van der Waals surface area contributed by atoms with Crippen molar-refractivity contribution in [2.45, 2.75) is 13.5 Å². The van der Waals surface area contributed by atoms with Crippen LogP contribution in [0.25, 0.3) is 0 Å². The van der Waals surface area contributed by atoms with Crippen LogP contribution in [0, 0.1) is 6.92 Å². The number of benzene rings is 1. The molecule has 0 unspecified atom stereocenters. The smallest absolute Gasteiger partial charge is 0.134 e. The monoisotopic (exact) mass is 353 g/mol. The fraction of sp³-hybridized carbons (Fsp3) is 0.500. The highest BCUT2D eigenvalue weighted by Crippen LogP contribution is 2.20. The Kier molecular flexibility index (Phi) is 5.32. The number of morpholine rings is 1. The van der Waals surface area contributed by atoms with E-state index in [0.29, 0.717) is 0 Å². The Bertz CT molecular complexity index is 724. The van der Waals surface area contributed by atoms with Crippen LogP contribution < -0.4 is 9.80 Å². The van der Waals surface area contributed by atoms with E-state index in [0.717, 1.165) is 70.7 Å². The number of anilines is 2. The maximum Gasteiger partial charge on any atom is 0.134 e. The normalized spacial score (nSPS) is 19.0. The molecule has 0 bridgehead atoms. The summed E-state index contributed by atoms with van der Waals surface area (Å²) in [5, 5.41) is 0. The second-order valence-corrected chi connectivity index (χ2v) is 7.02. The van der Waals surface area contributed by atoms with E-state index in [1.807, 2.05) is 0 Å². The predicted molar refractivity (Wildman–Crippen MR) is 104 cm³/mol. The van der Waals surface area contributed by atoms with Crippen LogP contribution in [0.1, 0.15) is 11.1 Å². The van der Waals surface area contributed by atoms with E-state index in [2.05, 4.69) is 61.9 Å². The molecule has 2 aliphatic heterocycles. The average molecular weight is 353 g/mol. The Labute approximate surface area is 155 Å². The lowest BCUT2D eigenvalue weighted by atomic mass is 10.1. The molecular weight excluding hydrogens is 326 g/mol. The maximum atomic E-state index is 5.44. The summed E-state index contributed by atoms with van der Waals surface area (Å²) in [5.41, 5.74) is 2.80. The summed E-state index contributed by atoms with van der Waals surface area (Å²) in [6.45, 7) is 10.7. The molecular formula is C20H27N5O. The summed E-state index contributed by atoms with van der Waals surface area (Å²) in [6, 6.07) is 10.8. The largest absolute Gasteiger partial charge is 0.378 e. The van der Waals surface area contributed by atoms with Gasteiger partial charge in [-0.25, -0.2) is 9.97 Å². The van der Waals surface area contributed by atoms with Gasteiger partial charge in [0.25, 0.3) is 0 Å². The summed E-state index contributed by atoms with van der Waals surface area (Å²) in [5.74, 6) is 2.05. The fourth-order valence-corrected chi connectivity index (χ4v) is 3.64. The van der Waals surface area contributed by atoms with Gasteiger partial charge in [-0.05, 0) is 18.1 Å². The molecule has 6 heteroatoms. The van der Waals surface area contributed by atoms with Gasteiger partial charge in [-0.3, -0.25) is 4.90 Å². The lowest BCUT2D eigenvalue weighted by molar-refractivity contribution is 0.122. The minimum atomic E-state index is 0.775. The minimum Gasteiger partial charge on any atom is -0.378 e. The highest BCUT2D eigenvalue weighted by Gasteiger charge is 2.20. The highest BCUT2D eigenvalue weighted by atomic mass is 16.5. The van der Waals surface area contributed by atoms with E-state index in [9.17, 15) is 0 Å². The number of hydrogen-bond acceptors (Lipinski definition) is 6. The third-order valence-electron chi connectivity index (χ3n) is 5.32. The molecule has 1 aromatic heterocycles. The third kappa shape index (κ3) is 3.97. The molecule has 26 heavy (non-hydrogen) atoms. The van der Waals surface area contributed by atoms with E-state index < -0.39 is 0 Å². The number of ether oxygens (including phenoxy) is 1. The van der Waals surface area contributed by atoms with E-state index in [1.54, 1.807) is 6.33 Å². The van der Waals surface area contributed by atoms with Gasteiger partial charge < -0.3 is 14.5 Å². The minimum absolute atomic E-state index is 0.775. The van der Waals surface area contributed by atoms with E-state index >= 15 is 0 Å². The van der Waals surface area contributed by atoms with Gasteiger partial charge in [0, 0.05) is 51.9 Å². The van der Waals surface area contributed by atoms with Gasteiger partial charge in [0.1, 0.15) is 18.0 Å². The van der Waals surface area contributed by atoms with Gasteiger partial charge in [-0.2, -0.15) is 0 Å². The summed E-state index contributed by atoms with van der Waals surface area (Å²) < 4.78 is 5.44. The number of rotatable bonds is 4. The van der Waals surface area contributed by atoms with Crippen LogP contribution in [-0.4, -0.2) is 67.4 Å². The number of piperazine rings is 1. The van der Waals surface area contributed by atoms with Crippen molar-refractivity contribution >= 4 is 11.6 Å². The summed E-state index contributed by atoms with van der Waals surface area (Å²) in [4.78, 5) is 16.2. The molecule has 0 spiro atoms. The van der Waals surface area contributed by atoms with Crippen LogP contribution in [0.3, 0.4) is 0 Å². The second kappa shape index (κ2) is 8.01. The van der Waals surface area contributed by atoms with Crippen molar-refractivity contribution in [1.82, 2.24) is 14.9 Å². The molecule has 1 aromatic carbocycles. The second-order valence-electron chi connectivity index (χ2n) is 7.02. The van der Waals surface area contributed by atoms with Crippen molar-refractivity contribution in [3.8, 4) is 0 Å². The first-order valence-electron chi connectivity index (χ1n) is 9.46. The molecule has 0 saturated carbocycles. The first-order valence-corrected chi connectivity index (χ1v) is 9.46. The van der Waals surface area contributed by atoms with Gasteiger partial charge in [0.2, 0.25) is 0 Å². The van der Waals surface area contributed by atoms with Gasteiger partial charge in [-0.15, -0.1) is 0 Å². The van der Waals surface area contributed by atoms with Gasteiger partial charge in [0.15, 0.2) is 0 Å². The zero-order valence-corrected chi connectivity index (χ0v) is 15.5. The van der Waals surface area contributed by atoms with Crippen LogP contribution in [0.4, 0.5) is 11.6 Å². The number of aromatic nitrogens is 2. The molecule has 2 aromatic rings. The Morgan fingerprint density at radius 1 is 0.885 bits per heavy atom. The SMILES string of the molecule is Cc1ccccc1CN1CCN(c2cc(N3CCOCC3)ncn2)CC1. The fourth-order valence-electron chi connectivity index (χ4n) is 3.64. The summed E-state index contributed by atoms with van der Waals surface area (Å²) in [7, 11) is 0. The van der Waals surface area contributed by atoms with E-state index in [4.69, 9.17) is 4.74 Å². The molecule has 4 rings (SSSR count). The molecule has 0 N–H and O–H groups in total. The van der Waals surface area contributed by atoms with Gasteiger partial charge >= 0.3 is 0 Å². The molecule has 6 nitrogen and oxygen atoms in total. The molecule has 2 saturated heterocycles. The van der Waals surface area contributed by atoms with E-state index in [-0.39, 0.29) is 0 Å². The van der Waals surface area contributed by atoms with E-state index in [1.165, 1.54) is 11.1 Å². The zero-order chi connectivity index (χ0) is 17.8. The van der Waals surface area contributed by atoms with Crippen LogP contribution >= 0.6 is 0 Å². The Hall–Kier alpha value is -2.18. The third-order valence-corrected chi connectivity index (χ3v) is 5.32. The summed E-state index contributed by atoms with van der Waals surface area (Å²) >= 11 is 0. The first kappa shape index (κ1) is 17.2. The molecule has 2 fully saturated rings. The Morgan fingerprint density at radius 3 is 2.23 bits per heavy atom. The average Bonchev–Trinajstić information content (AvgIpc) is 2.71. The standard InChI is InChI=1S/C20H27N5O/c1-17-4-2-3-5-18(17)15-23-6-8-24(9-7-23)19-14-20(22-16-21-19)25-10-12-26-13-11-25/h2-5,14,16H,6-13,15H2,1H3. The molecule has 0 atom stereocenters. The Balaban J connectivity index is 1.36. The predicted octanol–water partition coefficient (Wildman–Crippen LogP) is 1.94. The van der Waals surface area contributed by atoms with Crippen LogP contribution in [0.5, 0.6) is 0 Å². The van der Waals surface area contributed by atoms with Gasteiger partial charge in [0.05, 0.1) is 13.2 Å². The molecule has 0 radical (unpaired) electrons. The topological polar surface area (TPSA) is 44.7 Å². The number of aryl methyl sites for hydroxylation is 1. The zero-order valence-electron chi connectivity index (χ0n) is 15.5. The van der Waals surface area contributed by atoms with Crippen LogP contribution in [0.2, 0.25) is 0 Å². The van der Waals surface area contributed by atoms with Crippen molar-refractivity contribution in [2.24, 2.45) is 0 Å². The van der Waals surface area contributed by atoms with Crippen molar-refractivity contribution in [1.29, 1.82) is 0 Å². The quantitative estimate of drug-likeness (QED) is 0.837. The van der Waals surface area contributed by atoms with Crippen molar-refractivity contribution in [2.75, 3.05) is 62.3 Å². The first-order chi connectivity index (χ1) is 12.8. The van der Waals surface area contributed by atoms with Crippen molar-refractivity contribution in [3.63, 3.8) is 0 Å². The lowest BCUT2D eigenvalue weighted by Crippen LogP contribution is -2.46. The van der Waals surface area contributed by atoms with Crippen molar-refractivity contribution < 1.29 is 4.74 Å². The Morgan fingerprint density at radius 2 is 1.54 bits per heavy atom. The number of nitrogens with zero attached hydrogens (tertiary/aromatic N) is 5. The summed E-state index contributed by atoms with van der Waals surface area (Å²) in [6.07, 6.45) is 1.69.